The molecule has 1 aliphatic heterocycles. The van der Waals surface area contributed by atoms with Gasteiger partial charge in [-0.3, -0.25) is 4.98 Å². The number of hydrogen-bond acceptors (Lipinski definition) is 4. The molecular weight excluding hydrogens is 228 g/mol. The van der Waals surface area contributed by atoms with Crippen LogP contribution in [0.1, 0.15) is 5.69 Å². The Kier molecular flexibility index (Phi) is 2.68. The Morgan fingerprint density at radius 2 is 2.11 bits per heavy atom. The zero-order chi connectivity index (χ0) is 12.4. The number of hydrogen-bond donors (Lipinski definition) is 0. The third-order valence-corrected chi connectivity index (χ3v) is 2.75. The number of pyridine rings is 1. The molecule has 0 aliphatic carbocycles. The van der Waals surface area contributed by atoms with E-state index >= 15 is 0 Å². The molecule has 1 aliphatic rings. The molecule has 0 amide bonds. The first kappa shape index (κ1) is 10.8. The standard InChI is InChI=1S/C14H12N2O2/c1-17-12-6-4-7-13-14(12)16-11(9-18-13)10-5-2-3-8-15-10/h2-8H,9H2,1H3. The number of ether oxygens (including phenoxy) is 2. The Morgan fingerprint density at radius 1 is 1.17 bits per heavy atom. The minimum atomic E-state index is 0.428. The van der Waals surface area contributed by atoms with Crippen LogP contribution in [-0.4, -0.2) is 24.4 Å². The molecule has 0 fully saturated rings. The van der Waals surface area contributed by atoms with Gasteiger partial charge in [-0.2, -0.15) is 0 Å². The first-order valence-electron chi connectivity index (χ1n) is 5.67. The molecule has 4 heteroatoms. The molecule has 0 radical (unpaired) electrons. The van der Waals surface area contributed by atoms with E-state index in [0.717, 1.165) is 22.8 Å². The molecule has 1 aromatic carbocycles. The number of fused-ring (bicyclic) bond motifs is 1. The van der Waals surface area contributed by atoms with Crippen molar-refractivity contribution < 1.29 is 9.47 Å². The zero-order valence-corrected chi connectivity index (χ0v) is 9.96. The smallest absolute Gasteiger partial charge is 0.149 e. The normalized spacial score (nSPS) is 13.3. The van der Waals surface area contributed by atoms with Crippen LogP contribution in [0.15, 0.2) is 47.6 Å². The molecule has 0 N–H and O–H groups in total. The minimum Gasteiger partial charge on any atom is -0.494 e. The second kappa shape index (κ2) is 4.49. The van der Waals surface area contributed by atoms with Crippen LogP contribution in [0.4, 0.5) is 5.69 Å². The molecule has 0 spiro atoms. The lowest BCUT2D eigenvalue weighted by Gasteiger charge is -2.18. The highest BCUT2D eigenvalue weighted by atomic mass is 16.5. The van der Waals surface area contributed by atoms with Gasteiger partial charge in [-0.05, 0) is 24.3 Å². The Hall–Kier alpha value is -2.36. The molecule has 2 heterocycles. The van der Waals surface area contributed by atoms with Crippen molar-refractivity contribution in [2.24, 2.45) is 4.99 Å². The predicted octanol–water partition coefficient (Wildman–Crippen LogP) is 2.60. The summed E-state index contributed by atoms with van der Waals surface area (Å²) < 4.78 is 11.0. The third kappa shape index (κ3) is 1.82. The molecule has 3 rings (SSSR count). The van der Waals surface area contributed by atoms with Crippen molar-refractivity contribution in [3.8, 4) is 11.5 Å². The highest BCUT2D eigenvalue weighted by Crippen LogP contribution is 2.39. The summed E-state index contributed by atoms with van der Waals surface area (Å²) in [5.41, 5.74) is 2.37. The average molecular weight is 240 g/mol. The predicted molar refractivity (Wildman–Crippen MR) is 68.9 cm³/mol. The fraction of sp³-hybridized carbons (Fsp3) is 0.143. The fourth-order valence-electron chi connectivity index (χ4n) is 1.87. The molecule has 0 bridgehead atoms. The number of aromatic nitrogens is 1. The van der Waals surface area contributed by atoms with Gasteiger partial charge >= 0.3 is 0 Å². The third-order valence-electron chi connectivity index (χ3n) is 2.75. The van der Waals surface area contributed by atoms with Crippen LogP contribution in [0.5, 0.6) is 11.5 Å². The van der Waals surface area contributed by atoms with E-state index in [1.54, 1.807) is 13.3 Å². The second-order valence-electron chi connectivity index (χ2n) is 3.87. The first-order chi connectivity index (χ1) is 8.88. The molecule has 1 aromatic heterocycles. The lowest BCUT2D eigenvalue weighted by Crippen LogP contribution is -2.17. The summed E-state index contributed by atoms with van der Waals surface area (Å²) in [7, 11) is 1.63. The van der Waals surface area contributed by atoms with E-state index in [-0.39, 0.29) is 0 Å². The summed E-state index contributed by atoms with van der Waals surface area (Å²) in [6.07, 6.45) is 1.75. The summed E-state index contributed by atoms with van der Waals surface area (Å²) in [5, 5.41) is 0. The van der Waals surface area contributed by atoms with E-state index in [2.05, 4.69) is 9.98 Å². The molecule has 2 aromatic rings. The van der Waals surface area contributed by atoms with Gasteiger partial charge in [-0.25, -0.2) is 4.99 Å². The van der Waals surface area contributed by atoms with E-state index in [4.69, 9.17) is 9.47 Å². The molecule has 0 unspecified atom stereocenters. The monoisotopic (exact) mass is 240 g/mol. The van der Waals surface area contributed by atoms with Gasteiger partial charge in [-0.15, -0.1) is 0 Å². The number of para-hydroxylation sites is 1. The van der Waals surface area contributed by atoms with Crippen LogP contribution in [0.3, 0.4) is 0 Å². The highest BCUT2D eigenvalue weighted by Gasteiger charge is 2.18. The van der Waals surface area contributed by atoms with E-state index in [0.29, 0.717) is 12.4 Å². The Morgan fingerprint density at radius 3 is 2.89 bits per heavy atom. The van der Waals surface area contributed by atoms with E-state index in [9.17, 15) is 0 Å². The quantitative estimate of drug-likeness (QED) is 0.810. The topological polar surface area (TPSA) is 43.7 Å². The first-order valence-corrected chi connectivity index (χ1v) is 5.67. The van der Waals surface area contributed by atoms with Gasteiger partial charge in [0.25, 0.3) is 0 Å². The molecule has 4 nitrogen and oxygen atoms in total. The Bertz CT molecular complexity index is 594. The minimum absolute atomic E-state index is 0.428. The SMILES string of the molecule is COc1cccc2c1N=C(c1ccccn1)CO2. The van der Waals surface area contributed by atoms with Crippen molar-refractivity contribution in [2.45, 2.75) is 0 Å². The van der Waals surface area contributed by atoms with Crippen molar-refractivity contribution in [3.05, 3.63) is 48.3 Å². The highest BCUT2D eigenvalue weighted by molar-refractivity contribution is 6.03. The number of nitrogens with zero attached hydrogens (tertiary/aromatic N) is 2. The maximum atomic E-state index is 5.68. The van der Waals surface area contributed by atoms with Crippen molar-refractivity contribution in [2.75, 3.05) is 13.7 Å². The Balaban J connectivity index is 2.08. The molecule has 90 valence electrons. The van der Waals surface area contributed by atoms with Crippen LogP contribution in [-0.2, 0) is 0 Å². The van der Waals surface area contributed by atoms with E-state index in [1.165, 1.54) is 0 Å². The van der Waals surface area contributed by atoms with Gasteiger partial charge in [0.1, 0.15) is 29.5 Å². The Labute approximate surface area is 105 Å². The van der Waals surface area contributed by atoms with Crippen LogP contribution >= 0.6 is 0 Å². The van der Waals surface area contributed by atoms with Crippen molar-refractivity contribution in [1.82, 2.24) is 4.98 Å². The van der Waals surface area contributed by atoms with Crippen molar-refractivity contribution >= 4 is 11.4 Å². The van der Waals surface area contributed by atoms with Crippen LogP contribution in [0, 0.1) is 0 Å². The summed E-state index contributed by atoms with van der Waals surface area (Å²) in [6, 6.07) is 11.4. The van der Waals surface area contributed by atoms with E-state index in [1.807, 2.05) is 36.4 Å². The van der Waals surface area contributed by atoms with Crippen molar-refractivity contribution in [1.29, 1.82) is 0 Å². The molecule has 0 saturated carbocycles. The van der Waals surface area contributed by atoms with Gasteiger partial charge in [-0.1, -0.05) is 12.1 Å². The van der Waals surface area contributed by atoms with Gasteiger partial charge in [0, 0.05) is 6.20 Å². The summed E-state index contributed by atoms with van der Waals surface area (Å²) >= 11 is 0. The number of rotatable bonds is 2. The summed E-state index contributed by atoms with van der Waals surface area (Å²) in [6.45, 7) is 0.428. The van der Waals surface area contributed by atoms with Crippen molar-refractivity contribution in [3.63, 3.8) is 0 Å². The fourth-order valence-corrected chi connectivity index (χ4v) is 1.87. The second-order valence-corrected chi connectivity index (χ2v) is 3.87. The number of benzene rings is 1. The van der Waals surface area contributed by atoms with Crippen LogP contribution in [0.25, 0.3) is 0 Å². The maximum absolute atomic E-state index is 5.68. The maximum Gasteiger partial charge on any atom is 0.149 e. The molecule has 0 saturated heterocycles. The lowest BCUT2D eigenvalue weighted by atomic mass is 10.2. The number of aliphatic imine (C=N–C) groups is 1. The lowest BCUT2D eigenvalue weighted by molar-refractivity contribution is 0.364. The van der Waals surface area contributed by atoms with Crippen LogP contribution < -0.4 is 9.47 Å². The molecular formula is C14H12N2O2. The van der Waals surface area contributed by atoms with Gasteiger partial charge in [0.2, 0.25) is 0 Å². The molecule has 18 heavy (non-hydrogen) atoms. The van der Waals surface area contributed by atoms with Gasteiger partial charge < -0.3 is 9.47 Å². The largest absolute Gasteiger partial charge is 0.494 e. The van der Waals surface area contributed by atoms with Gasteiger partial charge in [0.05, 0.1) is 12.8 Å². The number of methoxy groups -OCH3 is 1. The zero-order valence-electron chi connectivity index (χ0n) is 9.96. The van der Waals surface area contributed by atoms with Gasteiger partial charge in [0.15, 0.2) is 0 Å². The molecule has 0 atom stereocenters. The summed E-state index contributed by atoms with van der Waals surface area (Å²) in [4.78, 5) is 8.87. The average Bonchev–Trinajstić information content (AvgIpc) is 2.47. The van der Waals surface area contributed by atoms with E-state index < -0.39 is 0 Å². The van der Waals surface area contributed by atoms with Crippen LogP contribution in [0.2, 0.25) is 0 Å². The summed E-state index contributed by atoms with van der Waals surface area (Å²) in [5.74, 6) is 1.45.